The van der Waals surface area contributed by atoms with Gasteiger partial charge in [0, 0.05) is 17.1 Å². The zero-order valence-corrected chi connectivity index (χ0v) is 11.3. The van der Waals surface area contributed by atoms with Gasteiger partial charge in [-0.25, -0.2) is 4.79 Å². The second kappa shape index (κ2) is 7.24. The fourth-order valence-corrected chi connectivity index (χ4v) is 1.88. The van der Waals surface area contributed by atoms with E-state index in [-0.39, 0.29) is 0 Å². The van der Waals surface area contributed by atoms with Crippen LogP contribution in [0.25, 0.3) is 0 Å². The highest BCUT2D eigenvalue weighted by molar-refractivity contribution is 6.31. The van der Waals surface area contributed by atoms with Crippen LogP contribution in [0.2, 0.25) is 5.02 Å². The molecular formula is C13H18ClNO3. The van der Waals surface area contributed by atoms with E-state index >= 15 is 0 Å². The molecule has 1 unspecified atom stereocenters. The van der Waals surface area contributed by atoms with Crippen LogP contribution in [0.15, 0.2) is 18.2 Å². The van der Waals surface area contributed by atoms with Gasteiger partial charge in [-0.3, -0.25) is 0 Å². The number of hydrogen-bond donors (Lipinski definition) is 2. The van der Waals surface area contributed by atoms with Gasteiger partial charge >= 0.3 is 5.97 Å². The van der Waals surface area contributed by atoms with Gasteiger partial charge in [0.25, 0.3) is 0 Å². The number of ether oxygens (including phenoxy) is 1. The third-order valence-electron chi connectivity index (χ3n) is 2.52. The van der Waals surface area contributed by atoms with Crippen molar-refractivity contribution in [1.29, 1.82) is 0 Å². The van der Waals surface area contributed by atoms with Crippen molar-refractivity contribution in [3.05, 3.63) is 28.8 Å². The summed E-state index contributed by atoms with van der Waals surface area (Å²) in [5, 5.41) is 12.6. The molecule has 0 radical (unpaired) electrons. The summed E-state index contributed by atoms with van der Waals surface area (Å²) < 4.78 is 5.56. The molecule has 2 N–H and O–H groups in total. The predicted molar refractivity (Wildman–Crippen MR) is 71.2 cm³/mol. The quantitative estimate of drug-likeness (QED) is 0.801. The standard InChI is InChI=1S/C13H18ClNO3/c1-3-5-12(13(16)17)18-11-7-4-6-10(14)9(11)8-15-2/h4,6-7,12,15H,3,5,8H2,1-2H3,(H,16,17). The Hall–Kier alpha value is -1.26. The van der Waals surface area contributed by atoms with E-state index in [2.05, 4.69) is 5.32 Å². The summed E-state index contributed by atoms with van der Waals surface area (Å²) in [6.07, 6.45) is 0.392. The third kappa shape index (κ3) is 3.89. The van der Waals surface area contributed by atoms with E-state index in [0.29, 0.717) is 23.7 Å². The number of carboxylic acid groups (broad SMARTS) is 1. The SMILES string of the molecule is CCCC(Oc1cccc(Cl)c1CNC)C(=O)O. The number of nitrogens with one attached hydrogen (secondary N) is 1. The molecule has 1 aromatic rings. The fourth-order valence-electron chi connectivity index (χ4n) is 1.65. The number of hydrogen-bond acceptors (Lipinski definition) is 3. The van der Waals surface area contributed by atoms with Crippen LogP contribution in [-0.4, -0.2) is 24.2 Å². The molecule has 0 aromatic heterocycles. The molecule has 0 spiro atoms. The highest BCUT2D eigenvalue weighted by Crippen LogP contribution is 2.27. The van der Waals surface area contributed by atoms with Crippen molar-refractivity contribution in [3.8, 4) is 5.75 Å². The zero-order chi connectivity index (χ0) is 13.5. The maximum absolute atomic E-state index is 11.1. The number of halogens is 1. The van der Waals surface area contributed by atoms with E-state index in [1.165, 1.54) is 0 Å². The summed E-state index contributed by atoms with van der Waals surface area (Å²) >= 11 is 6.08. The maximum Gasteiger partial charge on any atom is 0.344 e. The number of carbonyl (C=O) groups is 1. The molecule has 0 heterocycles. The molecule has 0 saturated heterocycles. The van der Waals surface area contributed by atoms with E-state index in [4.69, 9.17) is 21.4 Å². The Morgan fingerprint density at radius 3 is 2.83 bits per heavy atom. The van der Waals surface area contributed by atoms with Crippen molar-refractivity contribution in [2.45, 2.75) is 32.4 Å². The van der Waals surface area contributed by atoms with Gasteiger partial charge in [0.2, 0.25) is 0 Å². The van der Waals surface area contributed by atoms with Gasteiger partial charge in [0.05, 0.1) is 0 Å². The van der Waals surface area contributed by atoms with Crippen LogP contribution < -0.4 is 10.1 Å². The van der Waals surface area contributed by atoms with Crippen molar-refractivity contribution >= 4 is 17.6 Å². The molecule has 1 rings (SSSR count). The molecule has 0 amide bonds. The second-order valence-electron chi connectivity index (χ2n) is 3.98. The highest BCUT2D eigenvalue weighted by atomic mass is 35.5. The summed E-state index contributed by atoms with van der Waals surface area (Å²) in [6, 6.07) is 5.25. The Kier molecular flexibility index (Phi) is 5.95. The Labute approximate surface area is 112 Å². The first-order chi connectivity index (χ1) is 8.60. The highest BCUT2D eigenvalue weighted by Gasteiger charge is 2.20. The molecule has 0 aliphatic heterocycles. The maximum atomic E-state index is 11.1. The zero-order valence-electron chi connectivity index (χ0n) is 10.6. The van der Waals surface area contributed by atoms with Gasteiger partial charge in [-0.05, 0) is 25.6 Å². The summed E-state index contributed by atoms with van der Waals surface area (Å²) in [7, 11) is 1.80. The average molecular weight is 272 g/mol. The van der Waals surface area contributed by atoms with Gasteiger partial charge in [0.15, 0.2) is 6.10 Å². The first-order valence-corrected chi connectivity index (χ1v) is 6.29. The van der Waals surface area contributed by atoms with Crippen molar-refractivity contribution in [2.75, 3.05) is 7.05 Å². The van der Waals surface area contributed by atoms with E-state index < -0.39 is 12.1 Å². The second-order valence-corrected chi connectivity index (χ2v) is 4.39. The lowest BCUT2D eigenvalue weighted by atomic mass is 10.1. The summed E-state index contributed by atoms with van der Waals surface area (Å²) in [5.41, 5.74) is 0.781. The summed E-state index contributed by atoms with van der Waals surface area (Å²) in [5.74, 6) is -0.426. The van der Waals surface area contributed by atoms with Gasteiger partial charge in [-0.15, -0.1) is 0 Å². The van der Waals surface area contributed by atoms with Crippen molar-refractivity contribution < 1.29 is 14.6 Å². The van der Waals surface area contributed by atoms with Crippen LogP contribution in [0.3, 0.4) is 0 Å². The molecule has 0 aliphatic carbocycles. The minimum Gasteiger partial charge on any atom is -0.479 e. The lowest BCUT2D eigenvalue weighted by Crippen LogP contribution is -2.27. The van der Waals surface area contributed by atoms with E-state index in [9.17, 15) is 4.79 Å². The third-order valence-corrected chi connectivity index (χ3v) is 2.88. The van der Waals surface area contributed by atoms with Crippen LogP contribution in [0.4, 0.5) is 0 Å². The van der Waals surface area contributed by atoms with Crippen LogP contribution in [-0.2, 0) is 11.3 Å². The Morgan fingerprint density at radius 2 is 2.28 bits per heavy atom. The number of carboxylic acids is 1. The Balaban J connectivity index is 2.94. The van der Waals surface area contributed by atoms with Crippen LogP contribution >= 0.6 is 11.6 Å². The average Bonchev–Trinajstić information content (AvgIpc) is 2.32. The molecule has 0 aliphatic rings. The largest absolute Gasteiger partial charge is 0.479 e. The lowest BCUT2D eigenvalue weighted by Gasteiger charge is -2.17. The topological polar surface area (TPSA) is 58.6 Å². The molecule has 18 heavy (non-hydrogen) atoms. The summed E-state index contributed by atoms with van der Waals surface area (Å²) in [6.45, 7) is 2.46. The molecule has 0 bridgehead atoms. The number of aliphatic carboxylic acids is 1. The van der Waals surface area contributed by atoms with Crippen molar-refractivity contribution in [2.24, 2.45) is 0 Å². The van der Waals surface area contributed by atoms with Crippen LogP contribution in [0.1, 0.15) is 25.3 Å². The Bertz CT molecular complexity index is 409. The fraction of sp³-hybridized carbons (Fsp3) is 0.462. The van der Waals surface area contributed by atoms with E-state index in [1.54, 1.807) is 25.2 Å². The van der Waals surface area contributed by atoms with Gasteiger partial charge in [0.1, 0.15) is 5.75 Å². The lowest BCUT2D eigenvalue weighted by molar-refractivity contribution is -0.145. The molecule has 5 heteroatoms. The van der Waals surface area contributed by atoms with Gasteiger partial charge in [-0.1, -0.05) is 31.0 Å². The first-order valence-electron chi connectivity index (χ1n) is 5.91. The smallest absolute Gasteiger partial charge is 0.344 e. The minimum absolute atomic E-state index is 0.473. The molecule has 4 nitrogen and oxygen atoms in total. The molecule has 1 aromatic carbocycles. The molecule has 0 fully saturated rings. The molecule has 100 valence electrons. The van der Waals surface area contributed by atoms with E-state index in [0.717, 1.165) is 12.0 Å². The summed E-state index contributed by atoms with van der Waals surface area (Å²) in [4.78, 5) is 11.1. The van der Waals surface area contributed by atoms with Crippen molar-refractivity contribution in [1.82, 2.24) is 5.32 Å². The molecule has 0 saturated carbocycles. The Morgan fingerprint density at radius 1 is 1.56 bits per heavy atom. The van der Waals surface area contributed by atoms with Gasteiger partial charge < -0.3 is 15.2 Å². The van der Waals surface area contributed by atoms with E-state index in [1.807, 2.05) is 6.92 Å². The van der Waals surface area contributed by atoms with Crippen molar-refractivity contribution in [3.63, 3.8) is 0 Å². The van der Waals surface area contributed by atoms with Crippen LogP contribution in [0.5, 0.6) is 5.75 Å². The van der Waals surface area contributed by atoms with Crippen LogP contribution in [0, 0.1) is 0 Å². The predicted octanol–water partition coefficient (Wildman–Crippen LogP) is 2.69. The van der Waals surface area contributed by atoms with Gasteiger partial charge in [-0.2, -0.15) is 0 Å². The normalized spacial score (nSPS) is 12.2. The minimum atomic E-state index is -0.952. The monoisotopic (exact) mass is 271 g/mol. The first kappa shape index (κ1) is 14.8. The molecular weight excluding hydrogens is 254 g/mol. The molecule has 1 atom stereocenters. The number of rotatable bonds is 7. The number of benzene rings is 1.